The van der Waals surface area contributed by atoms with Crippen molar-refractivity contribution in [2.45, 2.75) is 26.3 Å². The second-order valence-corrected chi connectivity index (χ2v) is 5.39. The predicted molar refractivity (Wildman–Crippen MR) is 76.5 cm³/mol. The molecule has 0 aliphatic heterocycles. The Morgan fingerprint density at radius 3 is 2.56 bits per heavy atom. The summed E-state index contributed by atoms with van der Waals surface area (Å²) in [6.07, 6.45) is 1.58. The summed E-state index contributed by atoms with van der Waals surface area (Å²) in [5, 5.41) is 5.77. The van der Waals surface area contributed by atoms with E-state index in [1.807, 2.05) is 20.8 Å². The number of anilines is 1. The van der Waals surface area contributed by atoms with Crippen LogP contribution in [0.5, 0.6) is 0 Å². The maximum Gasteiger partial charge on any atom is 0.239 e. The fraction of sp³-hybridized carbons (Fsp3) is 0.417. The van der Waals surface area contributed by atoms with Crippen LogP contribution in [0.3, 0.4) is 0 Å². The highest BCUT2D eigenvalue weighted by atomic mass is 32.1. The molecule has 0 aromatic carbocycles. The molecule has 0 saturated heterocycles. The van der Waals surface area contributed by atoms with Gasteiger partial charge in [0.1, 0.15) is 10.8 Å². The van der Waals surface area contributed by atoms with Crippen molar-refractivity contribution in [2.24, 2.45) is 5.73 Å². The van der Waals surface area contributed by atoms with Crippen molar-refractivity contribution < 1.29 is 4.79 Å². The Kier molecular flexibility index (Phi) is 4.61. The van der Waals surface area contributed by atoms with Gasteiger partial charge >= 0.3 is 0 Å². The first-order chi connectivity index (χ1) is 8.28. The molecule has 18 heavy (non-hydrogen) atoms. The van der Waals surface area contributed by atoms with Crippen LogP contribution in [0.15, 0.2) is 18.3 Å². The number of amides is 1. The van der Waals surface area contributed by atoms with Crippen LogP contribution < -0.4 is 16.4 Å². The molecule has 0 unspecified atom stereocenters. The summed E-state index contributed by atoms with van der Waals surface area (Å²) in [5.74, 6) is 0.529. The van der Waals surface area contributed by atoms with Crippen molar-refractivity contribution >= 4 is 28.9 Å². The molecule has 0 spiro atoms. The average molecular weight is 266 g/mol. The minimum Gasteiger partial charge on any atom is -0.389 e. The van der Waals surface area contributed by atoms with E-state index >= 15 is 0 Å². The molecule has 1 amide bonds. The van der Waals surface area contributed by atoms with Gasteiger partial charge in [-0.25, -0.2) is 4.98 Å². The second-order valence-electron chi connectivity index (χ2n) is 4.95. The number of carbonyl (C=O) groups is 1. The van der Waals surface area contributed by atoms with Gasteiger partial charge < -0.3 is 16.4 Å². The lowest BCUT2D eigenvalue weighted by molar-refractivity contribution is -0.120. The first-order valence-corrected chi connectivity index (χ1v) is 5.99. The van der Waals surface area contributed by atoms with Gasteiger partial charge in [0.2, 0.25) is 5.91 Å². The molecule has 0 atom stereocenters. The minimum atomic E-state index is -0.234. The van der Waals surface area contributed by atoms with Gasteiger partial charge in [0.15, 0.2) is 0 Å². The molecule has 1 heterocycles. The number of hydrogen-bond acceptors (Lipinski definition) is 4. The Labute approximate surface area is 112 Å². The van der Waals surface area contributed by atoms with E-state index < -0.39 is 0 Å². The Hall–Kier alpha value is -1.69. The summed E-state index contributed by atoms with van der Waals surface area (Å²) in [6.45, 7) is 5.97. The number of thiocarbonyl (C=S) groups is 1. The SMILES string of the molecule is CC(C)(C)NC(=O)CNc1ccc(C(N)=S)cn1. The highest BCUT2D eigenvalue weighted by molar-refractivity contribution is 7.80. The first-order valence-electron chi connectivity index (χ1n) is 5.59. The minimum absolute atomic E-state index is 0.0808. The zero-order valence-corrected chi connectivity index (χ0v) is 11.6. The molecule has 1 aromatic heterocycles. The number of nitrogens with zero attached hydrogens (tertiary/aromatic N) is 1. The van der Waals surface area contributed by atoms with Crippen LogP contribution in [0, 0.1) is 0 Å². The number of nitrogens with two attached hydrogens (primary N) is 1. The van der Waals surface area contributed by atoms with E-state index in [-0.39, 0.29) is 18.0 Å². The molecule has 0 bridgehead atoms. The molecular formula is C12H18N4OS. The van der Waals surface area contributed by atoms with Crippen molar-refractivity contribution in [2.75, 3.05) is 11.9 Å². The summed E-state index contributed by atoms with van der Waals surface area (Å²) in [5.41, 5.74) is 5.93. The van der Waals surface area contributed by atoms with Gasteiger partial charge in [-0.15, -0.1) is 0 Å². The van der Waals surface area contributed by atoms with E-state index in [2.05, 4.69) is 15.6 Å². The van der Waals surface area contributed by atoms with Crippen molar-refractivity contribution in [3.8, 4) is 0 Å². The number of rotatable bonds is 4. The topological polar surface area (TPSA) is 80.0 Å². The van der Waals surface area contributed by atoms with Gasteiger partial charge in [0.25, 0.3) is 0 Å². The van der Waals surface area contributed by atoms with E-state index in [0.717, 1.165) is 0 Å². The van der Waals surface area contributed by atoms with Gasteiger partial charge in [-0.3, -0.25) is 4.79 Å². The third-order valence-electron chi connectivity index (χ3n) is 1.99. The smallest absolute Gasteiger partial charge is 0.239 e. The maximum atomic E-state index is 11.6. The molecule has 98 valence electrons. The number of pyridine rings is 1. The predicted octanol–water partition coefficient (Wildman–Crippen LogP) is 1.04. The molecule has 1 aromatic rings. The van der Waals surface area contributed by atoms with Gasteiger partial charge in [0.05, 0.1) is 6.54 Å². The molecular weight excluding hydrogens is 248 g/mol. The van der Waals surface area contributed by atoms with E-state index in [1.165, 1.54) is 0 Å². The highest BCUT2D eigenvalue weighted by Crippen LogP contribution is 2.05. The number of nitrogens with one attached hydrogen (secondary N) is 2. The summed E-state index contributed by atoms with van der Waals surface area (Å²) < 4.78 is 0. The van der Waals surface area contributed by atoms with Gasteiger partial charge in [-0.2, -0.15) is 0 Å². The fourth-order valence-electron chi connectivity index (χ4n) is 1.28. The van der Waals surface area contributed by atoms with Crippen molar-refractivity contribution in [3.63, 3.8) is 0 Å². The van der Waals surface area contributed by atoms with Crippen LogP contribution >= 0.6 is 12.2 Å². The van der Waals surface area contributed by atoms with Crippen molar-refractivity contribution in [1.82, 2.24) is 10.3 Å². The lowest BCUT2D eigenvalue weighted by Gasteiger charge is -2.20. The Morgan fingerprint density at radius 2 is 2.11 bits per heavy atom. The van der Waals surface area contributed by atoms with E-state index in [0.29, 0.717) is 16.4 Å². The molecule has 0 radical (unpaired) electrons. The van der Waals surface area contributed by atoms with Crippen LogP contribution in [0.25, 0.3) is 0 Å². The number of aromatic nitrogens is 1. The number of hydrogen-bond donors (Lipinski definition) is 3. The van der Waals surface area contributed by atoms with Crippen LogP contribution in [-0.4, -0.2) is 28.0 Å². The molecule has 0 fully saturated rings. The Bertz CT molecular complexity index is 436. The quantitative estimate of drug-likeness (QED) is 0.710. The Morgan fingerprint density at radius 1 is 1.44 bits per heavy atom. The lowest BCUT2D eigenvalue weighted by Crippen LogP contribution is -2.43. The fourth-order valence-corrected chi connectivity index (χ4v) is 1.40. The number of carbonyl (C=O) groups excluding carboxylic acids is 1. The van der Waals surface area contributed by atoms with Crippen LogP contribution in [0.4, 0.5) is 5.82 Å². The van der Waals surface area contributed by atoms with E-state index in [1.54, 1.807) is 18.3 Å². The normalized spacial score (nSPS) is 10.8. The summed E-state index contributed by atoms with van der Waals surface area (Å²) in [6, 6.07) is 3.50. The van der Waals surface area contributed by atoms with E-state index in [4.69, 9.17) is 18.0 Å². The largest absolute Gasteiger partial charge is 0.389 e. The van der Waals surface area contributed by atoms with Crippen molar-refractivity contribution in [3.05, 3.63) is 23.9 Å². The standard InChI is InChI=1S/C12H18N4OS/c1-12(2,3)16-10(17)7-15-9-5-4-8(6-14-9)11(13)18/h4-6H,7H2,1-3H3,(H2,13,18)(H,14,15)(H,16,17). The summed E-state index contributed by atoms with van der Waals surface area (Å²) >= 11 is 4.82. The average Bonchev–Trinajstić information content (AvgIpc) is 2.24. The van der Waals surface area contributed by atoms with Gasteiger partial charge in [-0.1, -0.05) is 12.2 Å². The third kappa shape index (κ3) is 5.09. The maximum absolute atomic E-state index is 11.6. The van der Waals surface area contributed by atoms with Gasteiger partial charge in [0, 0.05) is 17.3 Å². The first kappa shape index (κ1) is 14.4. The van der Waals surface area contributed by atoms with Crippen LogP contribution in [-0.2, 0) is 4.79 Å². The summed E-state index contributed by atoms with van der Waals surface area (Å²) in [4.78, 5) is 16.0. The Balaban J connectivity index is 2.49. The van der Waals surface area contributed by atoms with Gasteiger partial charge in [-0.05, 0) is 32.9 Å². The zero-order chi connectivity index (χ0) is 13.8. The van der Waals surface area contributed by atoms with Crippen molar-refractivity contribution in [1.29, 1.82) is 0 Å². The molecule has 0 saturated carbocycles. The molecule has 1 rings (SSSR count). The molecule has 4 N–H and O–H groups in total. The molecule has 6 heteroatoms. The zero-order valence-electron chi connectivity index (χ0n) is 10.8. The monoisotopic (exact) mass is 266 g/mol. The summed E-state index contributed by atoms with van der Waals surface area (Å²) in [7, 11) is 0. The third-order valence-corrected chi connectivity index (χ3v) is 2.23. The lowest BCUT2D eigenvalue weighted by atomic mass is 10.1. The van der Waals surface area contributed by atoms with Crippen LogP contribution in [0.2, 0.25) is 0 Å². The molecule has 0 aliphatic carbocycles. The molecule has 0 aliphatic rings. The molecule has 5 nitrogen and oxygen atoms in total. The van der Waals surface area contributed by atoms with E-state index in [9.17, 15) is 4.79 Å². The van der Waals surface area contributed by atoms with Crippen LogP contribution in [0.1, 0.15) is 26.3 Å². The highest BCUT2D eigenvalue weighted by Gasteiger charge is 2.13. The second kappa shape index (κ2) is 5.77.